The number of hydrogen-bond acceptors (Lipinski definition) is 7. The number of aromatic nitrogens is 1. The van der Waals surface area contributed by atoms with Gasteiger partial charge >= 0.3 is 12.1 Å². The van der Waals surface area contributed by atoms with E-state index in [-0.39, 0.29) is 43.7 Å². The number of nitrogens with zero attached hydrogens (tertiary/aromatic N) is 3. The zero-order valence-electron chi connectivity index (χ0n) is 19.9. The lowest BCUT2D eigenvalue weighted by molar-refractivity contribution is -0.148. The number of carboxylic acids is 1. The fraction of sp³-hybridized carbons (Fsp3) is 0.500. The number of carbonyl (C=O) groups is 3. The second-order valence-corrected chi connectivity index (χ2v) is 10.0. The van der Waals surface area contributed by atoms with Crippen LogP contribution in [0.2, 0.25) is 0 Å². The highest BCUT2D eigenvalue weighted by atomic mass is 32.1. The van der Waals surface area contributed by atoms with Crippen molar-refractivity contribution in [2.75, 3.05) is 11.9 Å². The number of ether oxygens (including phenoxy) is 1. The number of aliphatic carboxylic acids is 1. The van der Waals surface area contributed by atoms with Gasteiger partial charge < -0.3 is 20.1 Å². The third-order valence-electron chi connectivity index (χ3n) is 6.41. The maximum Gasteiger partial charge on any atom is 0.410 e. The third kappa shape index (κ3) is 5.24. The van der Waals surface area contributed by atoms with Gasteiger partial charge in [0.05, 0.1) is 18.8 Å². The summed E-state index contributed by atoms with van der Waals surface area (Å²) in [5, 5.41) is 15.4. The first-order chi connectivity index (χ1) is 16.7. The lowest BCUT2D eigenvalue weighted by Gasteiger charge is -2.29. The van der Waals surface area contributed by atoms with Crippen LogP contribution in [-0.4, -0.2) is 62.6 Å². The van der Waals surface area contributed by atoms with Crippen LogP contribution in [-0.2, 0) is 33.8 Å². The molecule has 2 N–H and O–H groups in total. The minimum Gasteiger partial charge on any atom is -0.480 e. The smallest absolute Gasteiger partial charge is 0.410 e. The summed E-state index contributed by atoms with van der Waals surface area (Å²) in [5.41, 5.74) is 2.08. The van der Waals surface area contributed by atoms with Crippen molar-refractivity contribution in [1.82, 2.24) is 14.8 Å². The van der Waals surface area contributed by atoms with Gasteiger partial charge in [0.25, 0.3) is 0 Å². The van der Waals surface area contributed by atoms with Gasteiger partial charge in [-0.25, -0.2) is 19.0 Å². The van der Waals surface area contributed by atoms with Gasteiger partial charge in [0.1, 0.15) is 24.0 Å². The first kappa shape index (κ1) is 24.9. The second-order valence-electron chi connectivity index (χ2n) is 9.18. The Hall–Kier alpha value is -3.21. The number of halogens is 1. The van der Waals surface area contributed by atoms with Crippen molar-refractivity contribution < 1.29 is 28.6 Å². The highest BCUT2D eigenvalue weighted by Gasteiger charge is 2.44. The molecule has 9 nitrogen and oxygen atoms in total. The number of nitrogens with one attached hydrogen (secondary N) is 1. The van der Waals surface area contributed by atoms with E-state index in [1.54, 1.807) is 12.1 Å². The molecule has 0 saturated carbocycles. The average Bonchev–Trinajstić information content (AvgIpc) is 3.55. The number of anilines is 1. The van der Waals surface area contributed by atoms with Gasteiger partial charge in [-0.1, -0.05) is 32.9 Å². The number of hydrogen-bond donors (Lipinski definition) is 2. The molecule has 3 heterocycles. The Balaban J connectivity index is 1.43. The van der Waals surface area contributed by atoms with Gasteiger partial charge in [-0.2, -0.15) is 0 Å². The summed E-state index contributed by atoms with van der Waals surface area (Å²) >= 11 is 1.39. The monoisotopic (exact) mass is 504 g/mol. The molecule has 1 aromatic carbocycles. The highest BCUT2D eigenvalue weighted by molar-refractivity contribution is 7.13. The molecular weight excluding hydrogens is 475 g/mol. The fourth-order valence-corrected chi connectivity index (χ4v) is 5.28. The molecule has 3 atom stereocenters. The molecule has 0 spiro atoms. The number of benzene rings is 1. The van der Waals surface area contributed by atoms with E-state index in [1.807, 2.05) is 26.2 Å². The SMILES string of the molecule is CCc1csc(N[C@H](C(=O)N2C[C@H](OC(=O)N3Cc4cccc(F)c4C3)C[C@H]2C(=O)O)C(C)C)n1. The van der Waals surface area contributed by atoms with E-state index in [4.69, 9.17) is 4.74 Å². The predicted molar refractivity (Wildman–Crippen MR) is 127 cm³/mol. The molecule has 1 fully saturated rings. The molecule has 11 heteroatoms. The number of aryl methyl sites for hydroxylation is 1. The van der Waals surface area contributed by atoms with E-state index in [9.17, 15) is 23.9 Å². The summed E-state index contributed by atoms with van der Waals surface area (Å²) in [4.78, 5) is 45.3. The quantitative estimate of drug-likeness (QED) is 0.594. The highest BCUT2D eigenvalue weighted by Crippen LogP contribution is 2.29. The standard InChI is InChI=1S/C24H29FN4O5S/c1-4-15-12-35-23(26-15)27-20(13(2)3)21(30)29-10-16(8-19(29)22(31)32)34-24(33)28-9-14-6-5-7-18(25)17(14)11-28/h5-7,12-13,16,19-20H,4,8-11H2,1-3H3,(H,26,27)(H,31,32)/t16-,19+,20+/m1/s1. The van der Waals surface area contributed by atoms with Gasteiger partial charge in [0.2, 0.25) is 5.91 Å². The molecule has 188 valence electrons. The van der Waals surface area contributed by atoms with Crippen molar-refractivity contribution in [2.24, 2.45) is 5.92 Å². The predicted octanol–water partition coefficient (Wildman–Crippen LogP) is 3.49. The number of likely N-dealkylation sites (tertiary alicyclic amines) is 1. The van der Waals surface area contributed by atoms with Crippen molar-refractivity contribution in [3.63, 3.8) is 0 Å². The zero-order chi connectivity index (χ0) is 25.3. The van der Waals surface area contributed by atoms with Gasteiger partial charge in [0.15, 0.2) is 5.13 Å². The molecule has 0 aliphatic carbocycles. The lowest BCUT2D eigenvalue weighted by atomic mass is 10.0. The number of carbonyl (C=O) groups excluding carboxylic acids is 2. The molecule has 0 bridgehead atoms. The van der Waals surface area contributed by atoms with E-state index in [1.165, 1.54) is 27.2 Å². The summed E-state index contributed by atoms with van der Waals surface area (Å²) < 4.78 is 19.6. The molecule has 0 radical (unpaired) electrons. The Morgan fingerprint density at radius 1 is 1.31 bits per heavy atom. The summed E-state index contributed by atoms with van der Waals surface area (Å²) in [6.45, 7) is 6.01. The van der Waals surface area contributed by atoms with Crippen molar-refractivity contribution in [2.45, 2.75) is 64.9 Å². The lowest BCUT2D eigenvalue weighted by Crippen LogP contribution is -2.50. The van der Waals surface area contributed by atoms with Crippen LogP contribution in [0.4, 0.5) is 14.3 Å². The number of fused-ring (bicyclic) bond motifs is 1. The van der Waals surface area contributed by atoms with Crippen LogP contribution in [0.1, 0.15) is 44.0 Å². The summed E-state index contributed by atoms with van der Waals surface area (Å²) in [7, 11) is 0. The van der Waals surface area contributed by atoms with Gasteiger partial charge in [-0.05, 0) is 24.0 Å². The summed E-state index contributed by atoms with van der Waals surface area (Å²) in [6, 6.07) is 2.90. The molecule has 1 saturated heterocycles. The second kappa shape index (κ2) is 10.2. The van der Waals surface area contributed by atoms with Crippen LogP contribution in [0.3, 0.4) is 0 Å². The Kier molecular flexibility index (Phi) is 7.25. The van der Waals surface area contributed by atoms with Gasteiger partial charge in [-0.15, -0.1) is 11.3 Å². The molecule has 2 amide bonds. The summed E-state index contributed by atoms with van der Waals surface area (Å²) in [5.74, 6) is -2.04. The fourth-order valence-electron chi connectivity index (χ4n) is 4.45. The van der Waals surface area contributed by atoms with Crippen LogP contribution in [0.5, 0.6) is 0 Å². The zero-order valence-corrected chi connectivity index (χ0v) is 20.7. The molecule has 35 heavy (non-hydrogen) atoms. The topological polar surface area (TPSA) is 112 Å². The Morgan fingerprint density at radius 3 is 2.71 bits per heavy atom. The minimum absolute atomic E-state index is 0.00991. The number of amides is 2. The molecule has 2 aliphatic heterocycles. The molecule has 1 aromatic heterocycles. The van der Waals surface area contributed by atoms with E-state index < -0.39 is 30.3 Å². The maximum absolute atomic E-state index is 14.0. The largest absolute Gasteiger partial charge is 0.480 e. The molecule has 2 aliphatic rings. The van der Waals surface area contributed by atoms with Crippen molar-refractivity contribution in [3.8, 4) is 0 Å². The van der Waals surface area contributed by atoms with E-state index in [2.05, 4.69) is 10.3 Å². The maximum atomic E-state index is 14.0. The van der Waals surface area contributed by atoms with Gasteiger partial charge in [-0.3, -0.25) is 9.69 Å². The van der Waals surface area contributed by atoms with Crippen LogP contribution >= 0.6 is 11.3 Å². The van der Waals surface area contributed by atoms with Crippen molar-refractivity contribution in [3.05, 3.63) is 46.2 Å². The Bertz CT molecular complexity index is 1120. The van der Waals surface area contributed by atoms with E-state index in [0.29, 0.717) is 16.3 Å². The Labute approximate surface area is 206 Å². The van der Waals surface area contributed by atoms with E-state index in [0.717, 1.165) is 12.1 Å². The van der Waals surface area contributed by atoms with Gasteiger partial charge in [0, 0.05) is 23.9 Å². The Morgan fingerprint density at radius 2 is 2.09 bits per heavy atom. The first-order valence-electron chi connectivity index (χ1n) is 11.6. The third-order valence-corrected chi connectivity index (χ3v) is 7.23. The molecule has 0 unspecified atom stereocenters. The molecule has 4 rings (SSSR count). The van der Waals surface area contributed by atoms with Crippen LogP contribution in [0.25, 0.3) is 0 Å². The van der Waals surface area contributed by atoms with Crippen molar-refractivity contribution in [1.29, 1.82) is 0 Å². The average molecular weight is 505 g/mol. The van der Waals surface area contributed by atoms with Crippen LogP contribution in [0.15, 0.2) is 23.6 Å². The van der Waals surface area contributed by atoms with Crippen LogP contribution in [0, 0.1) is 11.7 Å². The van der Waals surface area contributed by atoms with Crippen molar-refractivity contribution >= 4 is 34.4 Å². The van der Waals surface area contributed by atoms with Crippen LogP contribution < -0.4 is 5.32 Å². The normalized spacial score (nSPS) is 20.1. The first-order valence-corrected chi connectivity index (χ1v) is 12.5. The molecular formula is C24H29FN4O5S. The minimum atomic E-state index is -1.16. The van der Waals surface area contributed by atoms with E-state index >= 15 is 0 Å². The number of thiazole rings is 1. The summed E-state index contributed by atoms with van der Waals surface area (Å²) in [6.07, 6.45) is -0.671. The number of carboxylic acid groups (broad SMARTS) is 1. The molecule has 2 aromatic rings. The number of rotatable bonds is 7.